The average Bonchev–Trinajstić information content (AvgIpc) is 3.23. The molecule has 0 bridgehead atoms. The predicted molar refractivity (Wildman–Crippen MR) is 115 cm³/mol. The summed E-state index contributed by atoms with van der Waals surface area (Å²) in [6, 6.07) is 19.2. The largest absolute Gasteiger partial charge is 0.480 e. The normalized spacial score (nSPS) is 11.1. The SMILES string of the molecule is O=C(O)CNS(=O)(=O)c1ccc(-c2cccc(NC(=O)NCc3ccccc3)c2)s1. The van der Waals surface area contributed by atoms with Crippen LogP contribution in [0.1, 0.15) is 5.56 Å². The highest BCUT2D eigenvalue weighted by molar-refractivity contribution is 7.91. The van der Waals surface area contributed by atoms with Gasteiger partial charge in [0.15, 0.2) is 0 Å². The van der Waals surface area contributed by atoms with Gasteiger partial charge < -0.3 is 15.7 Å². The number of sulfonamides is 1. The van der Waals surface area contributed by atoms with Crippen LogP contribution in [0.4, 0.5) is 10.5 Å². The third-order valence-electron chi connectivity index (χ3n) is 3.96. The minimum atomic E-state index is -3.90. The first kappa shape index (κ1) is 21.5. The maximum atomic E-state index is 12.2. The third-order valence-corrected chi connectivity index (χ3v) is 6.99. The molecule has 0 aliphatic carbocycles. The van der Waals surface area contributed by atoms with Gasteiger partial charge in [-0.1, -0.05) is 42.5 Å². The molecule has 0 radical (unpaired) electrons. The monoisotopic (exact) mass is 445 g/mol. The van der Waals surface area contributed by atoms with Crippen molar-refractivity contribution in [2.75, 3.05) is 11.9 Å². The molecule has 0 atom stereocenters. The van der Waals surface area contributed by atoms with Gasteiger partial charge in [0.25, 0.3) is 10.0 Å². The van der Waals surface area contributed by atoms with E-state index in [2.05, 4.69) is 10.6 Å². The Hall–Kier alpha value is -3.21. The molecule has 0 aliphatic rings. The van der Waals surface area contributed by atoms with Crippen LogP contribution in [0.3, 0.4) is 0 Å². The molecule has 3 rings (SSSR count). The van der Waals surface area contributed by atoms with Crippen molar-refractivity contribution in [1.82, 2.24) is 10.0 Å². The van der Waals surface area contributed by atoms with Crippen molar-refractivity contribution in [3.63, 3.8) is 0 Å². The van der Waals surface area contributed by atoms with E-state index in [1.807, 2.05) is 35.1 Å². The minimum absolute atomic E-state index is 0.0118. The van der Waals surface area contributed by atoms with Gasteiger partial charge in [-0.15, -0.1) is 11.3 Å². The summed E-state index contributed by atoms with van der Waals surface area (Å²) in [6.45, 7) is -0.297. The van der Waals surface area contributed by atoms with E-state index in [1.165, 1.54) is 6.07 Å². The number of carboxylic acids is 1. The highest BCUT2D eigenvalue weighted by Crippen LogP contribution is 2.32. The summed E-state index contributed by atoms with van der Waals surface area (Å²) in [4.78, 5) is 23.4. The Morgan fingerprint density at radius 3 is 2.47 bits per heavy atom. The molecular formula is C20H19N3O5S2. The number of hydrogen-bond donors (Lipinski definition) is 4. The molecule has 4 N–H and O–H groups in total. The zero-order chi connectivity index (χ0) is 21.6. The highest BCUT2D eigenvalue weighted by atomic mass is 32.2. The molecule has 0 spiro atoms. The predicted octanol–water partition coefficient (Wildman–Crippen LogP) is 3.10. The van der Waals surface area contributed by atoms with Crippen molar-refractivity contribution in [1.29, 1.82) is 0 Å². The molecule has 1 aromatic heterocycles. The lowest BCUT2D eigenvalue weighted by atomic mass is 10.1. The number of rotatable bonds is 8. The smallest absolute Gasteiger partial charge is 0.319 e. The molecule has 2 amide bonds. The van der Waals surface area contributed by atoms with Crippen molar-refractivity contribution in [2.24, 2.45) is 0 Å². The zero-order valence-electron chi connectivity index (χ0n) is 15.7. The summed E-state index contributed by atoms with van der Waals surface area (Å²) in [6.07, 6.45) is 0. The fourth-order valence-electron chi connectivity index (χ4n) is 2.55. The molecule has 3 aromatic rings. The van der Waals surface area contributed by atoms with Gasteiger partial charge in [-0.3, -0.25) is 4.79 Å². The summed E-state index contributed by atoms with van der Waals surface area (Å²) in [5.74, 6) is -1.26. The second-order valence-electron chi connectivity index (χ2n) is 6.21. The van der Waals surface area contributed by atoms with E-state index in [4.69, 9.17) is 5.11 Å². The number of amides is 2. The number of urea groups is 1. The number of hydrogen-bond acceptors (Lipinski definition) is 5. The lowest BCUT2D eigenvalue weighted by Gasteiger charge is -2.09. The fraction of sp³-hybridized carbons (Fsp3) is 0.100. The maximum Gasteiger partial charge on any atom is 0.319 e. The van der Waals surface area contributed by atoms with Crippen molar-refractivity contribution in [3.05, 3.63) is 72.3 Å². The van der Waals surface area contributed by atoms with Crippen LogP contribution in [0.25, 0.3) is 10.4 Å². The van der Waals surface area contributed by atoms with Crippen molar-refractivity contribution < 1.29 is 23.1 Å². The van der Waals surface area contributed by atoms with Gasteiger partial charge >= 0.3 is 12.0 Å². The number of carbonyl (C=O) groups excluding carboxylic acids is 1. The third kappa shape index (κ3) is 5.89. The van der Waals surface area contributed by atoms with E-state index in [1.54, 1.807) is 30.3 Å². The Bertz CT molecular complexity index is 1140. The van der Waals surface area contributed by atoms with Crippen LogP contribution in [0.15, 0.2) is 70.9 Å². The molecule has 156 valence electrons. The van der Waals surface area contributed by atoms with Gasteiger partial charge in [-0.25, -0.2) is 13.2 Å². The van der Waals surface area contributed by atoms with Gasteiger partial charge in [-0.2, -0.15) is 4.72 Å². The van der Waals surface area contributed by atoms with Crippen molar-refractivity contribution in [2.45, 2.75) is 10.8 Å². The molecule has 8 nitrogen and oxygen atoms in total. The molecule has 1 heterocycles. The number of carbonyl (C=O) groups is 2. The molecular weight excluding hydrogens is 426 g/mol. The second kappa shape index (κ2) is 9.53. The summed E-state index contributed by atoms with van der Waals surface area (Å²) in [5, 5.41) is 14.2. The minimum Gasteiger partial charge on any atom is -0.480 e. The quantitative estimate of drug-likeness (QED) is 0.424. The number of aliphatic carboxylic acids is 1. The topological polar surface area (TPSA) is 125 Å². The van der Waals surface area contributed by atoms with Crippen LogP contribution >= 0.6 is 11.3 Å². The molecule has 30 heavy (non-hydrogen) atoms. The fourth-order valence-corrected chi connectivity index (χ4v) is 4.87. The molecule has 0 aliphatic heterocycles. The van der Waals surface area contributed by atoms with E-state index < -0.39 is 22.5 Å². The zero-order valence-corrected chi connectivity index (χ0v) is 17.3. The van der Waals surface area contributed by atoms with E-state index in [-0.39, 0.29) is 10.2 Å². The summed E-state index contributed by atoms with van der Waals surface area (Å²) < 4.78 is 26.3. The Morgan fingerprint density at radius 2 is 1.73 bits per heavy atom. The number of carboxylic acid groups (broad SMARTS) is 1. The first-order valence-electron chi connectivity index (χ1n) is 8.84. The molecule has 0 fully saturated rings. The van der Waals surface area contributed by atoms with Gasteiger partial charge in [0.2, 0.25) is 0 Å². The summed E-state index contributed by atoms with van der Waals surface area (Å²) in [5.41, 5.74) is 2.26. The summed E-state index contributed by atoms with van der Waals surface area (Å²) in [7, 11) is -3.90. The van der Waals surface area contributed by atoms with Crippen LogP contribution in [-0.4, -0.2) is 32.1 Å². The van der Waals surface area contributed by atoms with E-state index in [0.29, 0.717) is 17.1 Å². The number of anilines is 1. The van der Waals surface area contributed by atoms with Crippen LogP contribution in [-0.2, 0) is 21.4 Å². The van der Waals surface area contributed by atoms with Crippen LogP contribution < -0.4 is 15.4 Å². The lowest BCUT2D eigenvalue weighted by Crippen LogP contribution is -2.28. The summed E-state index contributed by atoms with van der Waals surface area (Å²) >= 11 is 1.01. The van der Waals surface area contributed by atoms with Gasteiger partial charge in [0, 0.05) is 17.1 Å². The van der Waals surface area contributed by atoms with Gasteiger partial charge in [-0.05, 0) is 35.4 Å². The average molecular weight is 446 g/mol. The van der Waals surface area contributed by atoms with Gasteiger partial charge in [0.05, 0.1) is 0 Å². The molecule has 0 saturated carbocycles. The molecule has 0 saturated heterocycles. The van der Waals surface area contributed by atoms with Crippen LogP contribution in [0.2, 0.25) is 0 Å². The Kier molecular flexibility index (Phi) is 6.83. The second-order valence-corrected chi connectivity index (χ2v) is 9.29. The molecule has 2 aromatic carbocycles. The lowest BCUT2D eigenvalue weighted by molar-refractivity contribution is -0.135. The maximum absolute atomic E-state index is 12.2. The van der Waals surface area contributed by atoms with Crippen molar-refractivity contribution >= 4 is 39.0 Å². The Balaban J connectivity index is 1.66. The standard InChI is InChI=1S/C20H19N3O5S2/c24-18(25)13-22-30(27,28)19-10-9-17(29-19)15-7-4-8-16(11-15)23-20(26)21-12-14-5-2-1-3-6-14/h1-11,22H,12-13H2,(H,24,25)(H2,21,23,26). The van der Waals surface area contributed by atoms with Gasteiger partial charge in [0.1, 0.15) is 10.8 Å². The highest BCUT2D eigenvalue weighted by Gasteiger charge is 2.18. The Labute approximate surface area is 177 Å². The number of nitrogens with one attached hydrogen (secondary N) is 3. The Morgan fingerprint density at radius 1 is 0.967 bits per heavy atom. The van der Waals surface area contributed by atoms with E-state index in [0.717, 1.165) is 22.5 Å². The number of thiophene rings is 1. The van der Waals surface area contributed by atoms with Crippen LogP contribution in [0, 0.1) is 0 Å². The van der Waals surface area contributed by atoms with Crippen molar-refractivity contribution in [3.8, 4) is 10.4 Å². The first-order chi connectivity index (χ1) is 14.3. The molecule has 10 heteroatoms. The molecule has 0 unspecified atom stereocenters. The number of benzene rings is 2. The van der Waals surface area contributed by atoms with E-state index >= 15 is 0 Å². The first-order valence-corrected chi connectivity index (χ1v) is 11.1. The van der Waals surface area contributed by atoms with E-state index in [9.17, 15) is 18.0 Å². The van der Waals surface area contributed by atoms with Crippen LogP contribution in [0.5, 0.6) is 0 Å².